The topological polar surface area (TPSA) is 67.0 Å². The van der Waals surface area contributed by atoms with Crippen molar-refractivity contribution < 1.29 is 9.53 Å². The lowest BCUT2D eigenvalue weighted by molar-refractivity contribution is 0.102. The van der Waals surface area contributed by atoms with Crippen LogP contribution in [0.3, 0.4) is 0 Å². The van der Waals surface area contributed by atoms with Gasteiger partial charge in [-0.3, -0.25) is 9.89 Å². The molecule has 19 heavy (non-hydrogen) atoms. The average Bonchev–Trinajstić information content (AvgIpc) is 2.73. The predicted octanol–water partition coefficient (Wildman–Crippen LogP) is 2.68. The summed E-state index contributed by atoms with van der Waals surface area (Å²) < 4.78 is 5.47. The Hall–Kier alpha value is -2.30. The van der Waals surface area contributed by atoms with Crippen LogP contribution in [0.25, 0.3) is 0 Å². The monoisotopic (exact) mass is 259 g/mol. The minimum atomic E-state index is -0.242. The van der Waals surface area contributed by atoms with Crippen LogP contribution in [-0.2, 0) is 0 Å². The molecule has 5 heteroatoms. The maximum absolute atomic E-state index is 12.2. The quantitative estimate of drug-likeness (QED) is 0.887. The molecule has 0 bridgehead atoms. The van der Waals surface area contributed by atoms with Crippen LogP contribution in [0.5, 0.6) is 5.75 Å². The SMILES string of the molecule is CCOc1ccccc1NC(=O)c1n[nH]c(C)c1C. The number of para-hydroxylation sites is 2. The van der Waals surface area contributed by atoms with Crippen molar-refractivity contribution in [2.45, 2.75) is 20.8 Å². The van der Waals surface area contributed by atoms with Crippen LogP contribution in [0.4, 0.5) is 5.69 Å². The first-order valence-corrected chi connectivity index (χ1v) is 6.18. The van der Waals surface area contributed by atoms with Gasteiger partial charge in [0.25, 0.3) is 5.91 Å². The molecule has 0 aliphatic heterocycles. The highest BCUT2D eigenvalue weighted by Crippen LogP contribution is 2.24. The standard InChI is InChI=1S/C14H17N3O2/c1-4-19-12-8-6-5-7-11(12)15-14(18)13-9(2)10(3)16-17-13/h5-8H,4H2,1-3H3,(H,15,18)(H,16,17). The minimum absolute atomic E-state index is 0.242. The fourth-order valence-electron chi connectivity index (χ4n) is 1.74. The van der Waals surface area contributed by atoms with Crippen LogP contribution in [-0.4, -0.2) is 22.7 Å². The van der Waals surface area contributed by atoms with E-state index in [4.69, 9.17) is 4.74 Å². The van der Waals surface area contributed by atoms with E-state index in [0.717, 1.165) is 11.3 Å². The smallest absolute Gasteiger partial charge is 0.276 e. The van der Waals surface area contributed by atoms with Crippen LogP contribution in [0.1, 0.15) is 28.7 Å². The van der Waals surface area contributed by atoms with E-state index in [1.54, 1.807) is 6.07 Å². The van der Waals surface area contributed by atoms with Gasteiger partial charge < -0.3 is 10.1 Å². The Balaban J connectivity index is 2.22. The number of carbonyl (C=O) groups excluding carboxylic acids is 1. The van der Waals surface area contributed by atoms with Gasteiger partial charge in [-0.05, 0) is 32.9 Å². The first kappa shape index (κ1) is 13.1. The Morgan fingerprint density at radius 2 is 2.11 bits per heavy atom. The summed E-state index contributed by atoms with van der Waals surface area (Å²) in [5, 5.41) is 9.63. The molecule has 0 atom stereocenters. The molecule has 0 saturated carbocycles. The van der Waals surface area contributed by atoms with E-state index in [9.17, 15) is 4.79 Å². The molecule has 0 unspecified atom stereocenters. The number of aromatic amines is 1. The first-order chi connectivity index (χ1) is 9.13. The molecular formula is C14H17N3O2. The highest BCUT2D eigenvalue weighted by Gasteiger charge is 2.15. The summed E-state index contributed by atoms with van der Waals surface area (Å²) in [6.45, 7) is 6.20. The lowest BCUT2D eigenvalue weighted by atomic mass is 10.2. The van der Waals surface area contributed by atoms with Crippen LogP contribution >= 0.6 is 0 Å². The summed E-state index contributed by atoms with van der Waals surface area (Å²) >= 11 is 0. The first-order valence-electron chi connectivity index (χ1n) is 6.18. The molecule has 100 valence electrons. The van der Waals surface area contributed by atoms with Crippen molar-refractivity contribution >= 4 is 11.6 Å². The van der Waals surface area contributed by atoms with Gasteiger partial charge in [0.05, 0.1) is 12.3 Å². The maximum atomic E-state index is 12.2. The minimum Gasteiger partial charge on any atom is -0.492 e. The second kappa shape index (κ2) is 5.56. The molecule has 1 heterocycles. The van der Waals surface area contributed by atoms with Crippen molar-refractivity contribution in [2.75, 3.05) is 11.9 Å². The number of carbonyl (C=O) groups is 1. The zero-order chi connectivity index (χ0) is 13.8. The van der Waals surface area contributed by atoms with Crippen molar-refractivity contribution in [1.29, 1.82) is 0 Å². The summed E-state index contributed by atoms with van der Waals surface area (Å²) in [5.74, 6) is 0.414. The van der Waals surface area contributed by atoms with Gasteiger partial charge in [-0.15, -0.1) is 0 Å². The molecule has 0 spiro atoms. The van der Waals surface area contributed by atoms with E-state index in [1.165, 1.54) is 0 Å². The number of nitrogens with zero attached hydrogens (tertiary/aromatic N) is 1. The van der Waals surface area contributed by atoms with Gasteiger partial charge in [0.15, 0.2) is 5.69 Å². The van der Waals surface area contributed by atoms with Crippen molar-refractivity contribution in [1.82, 2.24) is 10.2 Å². The van der Waals surface area contributed by atoms with E-state index in [0.29, 0.717) is 23.7 Å². The van der Waals surface area contributed by atoms with Crippen LogP contribution in [0.2, 0.25) is 0 Å². The summed E-state index contributed by atoms with van der Waals surface area (Å²) in [7, 11) is 0. The number of aryl methyl sites for hydroxylation is 1. The fraction of sp³-hybridized carbons (Fsp3) is 0.286. The Morgan fingerprint density at radius 1 is 1.37 bits per heavy atom. The second-order valence-corrected chi connectivity index (χ2v) is 4.21. The van der Waals surface area contributed by atoms with Gasteiger partial charge in [0.1, 0.15) is 5.75 Å². The highest BCUT2D eigenvalue weighted by atomic mass is 16.5. The van der Waals surface area contributed by atoms with Crippen LogP contribution in [0.15, 0.2) is 24.3 Å². The van der Waals surface area contributed by atoms with Crippen molar-refractivity contribution in [3.8, 4) is 5.75 Å². The number of benzene rings is 1. The lowest BCUT2D eigenvalue weighted by Crippen LogP contribution is -2.14. The van der Waals surface area contributed by atoms with E-state index in [2.05, 4.69) is 15.5 Å². The molecule has 1 aromatic carbocycles. The third kappa shape index (κ3) is 2.76. The Labute approximate surface area is 112 Å². The average molecular weight is 259 g/mol. The van der Waals surface area contributed by atoms with Gasteiger partial charge in [-0.25, -0.2) is 0 Å². The van der Waals surface area contributed by atoms with Crippen molar-refractivity contribution in [3.05, 3.63) is 41.2 Å². The maximum Gasteiger partial charge on any atom is 0.276 e. The van der Waals surface area contributed by atoms with E-state index in [-0.39, 0.29) is 5.91 Å². The number of hydrogen-bond acceptors (Lipinski definition) is 3. The van der Waals surface area contributed by atoms with Gasteiger partial charge in [0, 0.05) is 11.3 Å². The van der Waals surface area contributed by atoms with Crippen LogP contribution in [0, 0.1) is 13.8 Å². The van der Waals surface area contributed by atoms with E-state index in [1.807, 2.05) is 39.0 Å². The normalized spacial score (nSPS) is 10.3. The van der Waals surface area contributed by atoms with Gasteiger partial charge >= 0.3 is 0 Å². The number of anilines is 1. The lowest BCUT2D eigenvalue weighted by Gasteiger charge is -2.10. The summed E-state index contributed by atoms with van der Waals surface area (Å²) in [6, 6.07) is 7.34. The molecular weight excluding hydrogens is 242 g/mol. The van der Waals surface area contributed by atoms with Crippen molar-refractivity contribution in [2.24, 2.45) is 0 Å². The van der Waals surface area contributed by atoms with Crippen LogP contribution < -0.4 is 10.1 Å². The molecule has 2 N–H and O–H groups in total. The zero-order valence-electron chi connectivity index (χ0n) is 11.3. The fourth-order valence-corrected chi connectivity index (χ4v) is 1.74. The van der Waals surface area contributed by atoms with Gasteiger partial charge in [-0.1, -0.05) is 12.1 Å². The number of hydrogen-bond donors (Lipinski definition) is 2. The summed E-state index contributed by atoms with van der Waals surface area (Å²) in [5.41, 5.74) is 2.80. The third-order valence-corrected chi connectivity index (χ3v) is 2.90. The zero-order valence-corrected chi connectivity index (χ0v) is 11.3. The predicted molar refractivity (Wildman–Crippen MR) is 73.6 cm³/mol. The summed E-state index contributed by atoms with van der Waals surface area (Å²) in [4.78, 5) is 12.2. The number of rotatable bonds is 4. The Bertz CT molecular complexity index is 590. The Kier molecular flexibility index (Phi) is 3.85. The van der Waals surface area contributed by atoms with Gasteiger partial charge in [0.2, 0.25) is 0 Å². The number of ether oxygens (including phenoxy) is 1. The molecule has 0 fully saturated rings. The van der Waals surface area contributed by atoms with Gasteiger partial charge in [-0.2, -0.15) is 5.10 Å². The number of amides is 1. The molecule has 0 saturated heterocycles. The molecule has 5 nitrogen and oxygen atoms in total. The molecule has 0 aliphatic rings. The third-order valence-electron chi connectivity index (χ3n) is 2.90. The molecule has 2 rings (SSSR count). The highest BCUT2D eigenvalue weighted by molar-refractivity contribution is 6.04. The van der Waals surface area contributed by atoms with E-state index >= 15 is 0 Å². The molecule has 2 aromatic rings. The van der Waals surface area contributed by atoms with E-state index < -0.39 is 0 Å². The van der Waals surface area contributed by atoms with Crippen molar-refractivity contribution in [3.63, 3.8) is 0 Å². The Morgan fingerprint density at radius 3 is 2.74 bits per heavy atom. The largest absolute Gasteiger partial charge is 0.492 e. The number of nitrogens with one attached hydrogen (secondary N) is 2. The molecule has 1 aromatic heterocycles. The number of H-pyrrole nitrogens is 1. The molecule has 1 amide bonds. The molecule has 0 aliphatic carbocycles. The summed E-state index contributed by atoms with van der Waals surface area (Å²) in [6.07, 6.45) is 0. The molecule has 0 radical (unpaired) electrons. The number of aromatic nitrogens is 2. The second-order valence-electron chi connectivity index (χ2n) is 4.21.